The van der Waals surface area contributed by atoms with Crippen LogP contribution in [0.3, 0.4) is 0 Å². The van der Waals surface area contributed by atoms with E-state index in [0.717, 1.165) is 0 Å². The fourth-order valence-electron chi connectivity index (χ4n) is 1.95. The molecule has 1 rings (SSSR count). The second kappa shape index (κ2) is 12.3. The van der Waals surface area contributed by atoms with Gasteiger partial charge < -0.3 is 18.9 Å². The van der Waals surface area contributed by atoms with E-state index < -0.39 is 29.1 Å². The van der Waals surface area contributed by atoms with Crippen molar-refractivity contribution in [3.8, 4) is 5.75 Å². The fraction of sp³-hybridized carbons (Fsp3) is 0.500. The maximum absolute atomic E-state index is 11.8. The Kier molecular flexibility index (Phi) is 10.0. The van der Waals surface area contributed by atoms with Gasteiger partial charge in [0.25, 0.3) is 5.69 Å². The Balaban J connectivity index is 2.55. The predicted octanol–water partition coefficient (Wildman–Crippen LogP) is 3.17. The molecule has 1 aromatic rings. The zero-order valence-corrected chi connectivity index (χ0v) is 15.8. The lowest BCUT2D eigenvalue weighted by Crippen LogP contribution is -2.31. The number of nitrogens with zero attached hydrogens (tertiary/aromatic N) is 1. The molecule has 1 atom stereocenters. The normalized spacial score (nSPS) is 11.2. The van der Waals surface area contributed by atoms with Crippen LogP contribution >= 0.6 is 0 Å². The average Bonchev–Trinajstić information content (AvgIpc) is 2.64. The Hall–Kier alpha value is -3.17. The molecule has 0 bridgehead atoms. The Labute approximate surface area is 161 Å². The van der Waals surface area contributed by atoms with Gasteiger partial charge in [-0.05, 0) is 25.0 Å². The van der Waals surface area contributed by atoms with Gasteiger partial charge in [0.2, 0.25) is 0 Å². The number of nitro benzene ring substituents is 1. The molecule has 0 spiro atoms. The monoisotopic (exact) mass is 397 g/mol. The van der Waals surface area contributed by atoms with Crippen molar-refractivity contribution in [1.82, 2.24) is 0 Å². The number of nitro groups is 1. The third-order valence-corrected chi connectivity index (χ3v) is 3.27. The first kappa shape index (κ1) is 22.9. The molecule has 0 saturated heterocycles. The zero-order chi connectivity index (χ0) is 20.9. The minimum Gasteiger partial charge on any atom is -0.462 e. The average molecular weight is 397 g/mol. The van der Waals surface area contributed by atoms with E-state index >= 15 is 0 Å². The molecule has 0 fully saturated rings. The first-order valence-electron chi connectivity index (χ1n) is 8.79. The van der Waals surface area contributed by atoms with Gasteiger partial charge in [0.15, 0.2) is 6.10 Å². The molecule has 0 amide bonds. The summed E-state index contributed by atoms with van der Waals surface area (Å²) in [5.41, 5.74) is -0.155. The molecule has 0 saturated carbocycles. The number of hydrogen-bond donors (Lipinski definition) is 0. The summed E-state index contributed by atoms with van der Waals surface area (Å²) in [5.74, 6) is -0.914. The van der Waals surface area contributed by atoms with E-state index in [1.807, 2.05) is 6.92 Å². The topological polar surface area (TPSA) is 131 Å². The Morgan fingerprint density at radius 2 is 1.54 bits per heavy atom. The van der Waals surface area contributed by atoms with Gasteiger partial charge in [-0.25, -0.2) is 4.79 Å². The van der Waals surface area contributed by atoms with Gasteiger partial charge in [-0.15, -0.1) is 0 Å². The Morgan fingerprint density at radius 1 is 0.964 bits per heavy atom. The molecular formula is C18H23NO9. The van der Waals surface area contributed by atoms with E-state index in [0.29, 0.717) is 12.8 Å². The molecule has 0 N–H and O–H groups in total. The third kappa shape index (κ3) is 8.97. The standard InChI is InChI=1S/C18H23NO9/c1-3-5-16(20)25-11-15(27-17(21)6-4-2)12-26-18(22)28-14-9-7-13(8-10-14)19(23)24/h7-10,15H,3-6,11-12H2,1-2H3/t15-/m1/s1. The first-order valence-corrected chi connectivity index (χ1v) is 8.79. The Bertz CT molecular complexity index is 672. The number of benzene rings is 1. The van der Waals surface area contributed by atoms with Crippen LogP contribution in [0.5, 0.6) is 5.75 Å². The molecule has 0 aromatic heterocycles. The number of non-ortho nitro benzene ring substituents is 1. The van der Waals surface area contributed by atoms with E-state index in [4.69, 9.17) is 18.9 Å². The van der Waals surface area contributed by atoms with Gasteiger partial charge in [-0.3, -0.25) is 19.7 Å². The van der Waals surface area contributed by atoms with Crippen molar-refractivity contribution in [3.63, 3.8) is 0 Å². The molecule has 0 radical (unpaired) electrons. The fourth-order valence-corrected chi connectivity index (χ4v) is 1.95. The summed E-state index contributed by atoms with van der Waals surface area (Å²) in [6.07, 6.45) is -0.484. The van der Waals surface area contributed by atoms with Gasteiger partial charge in [0, 0.05) is 25.0 Å². The lowest BCUT2D eigenvalue weighted by Gasteiger charge is -2.17. The highest BCUT2D eigenvalue weighted by atomic mass is 16.7. The van der Waals surface area contributed by atoms with Crippen molar-refractivity contribution >= 4 is 23.8 Å². The highest BCUT2D eigenvalue weighted by Gasteiger charge is 2.20. The van der Waals surface area contributed by atoms with Gasteiger partial charge in [0.1, 0.15) is 19.0 Å². The van der Waals surface area contributed by atoms with Crippen molar-refractivity contribution in [1.29, 1.82) is 0 Å². The molecule has 0 aliphatic heterocycles. The molecule has 0 unspecified atom stereocenters. The van der Waals surface area contributed by atoms with Crippen molar-refractivity contribution in [3.05, 3.63) is 34.4 Å². The SMILES string of the molecule is CCCC(=O)OC[C@H](COC(=O)Oc1ccc([N+](=O)[O-])cc1)OC(=O)CCC. The largest absolute Gasteiger partial charge is 0.513 e. The summed E-state index contributed by atoms with van der Waals surface area (Å²) in [4.78, 5) is 44.9. The van der Waals surface area contributed by atoms with Crippen LogP contribution < -0.4 is 4.74 Å². The van der Waals surface area contributed by atoms with Crippen molar-refractivity contribution in [2.75, 3.05) is 13.2 Å². The lowest BCUT2D eigenvalue weighted by atomic mass is 10.3. The second-order valence-corrected chi connectivity index (χ2v) is 5.71. The highest BCUT2D eigenvalue weighted by molar-refractivity contribution is 5.70. The second-order valence-electron chi connectivity index (χ2n) is 5.71. The zero-order valence-electron chi connectivity index (χ0n) is 15.8. The Morgan fingerprint density at radius 3 is 2.11 bits per heavy atom. The number of hydrogen-bond acceptors (Lipinski definition) is 9. The summed E-state index contributed by atoms with van der Waals surface area (Å²) >= 11 is 0. The minimum absolute atomic E-state index is 0.0458. The van der Waals surface area contributed by atoms with Crippen LogP contribution in [-0.2, 0) is 23.8 Å². The molecule has 28 heavy (non-hydrogen) atoms. The summed E-state index contributed by atoms with van der Waals surface area (Å²) in [5, 5.41) is 10.6. The summed E-state index contributed by atoms with van der Waals surface area (Å²) in [6.45, 7) is 2.99. The van der Waals surface area contributed by atoms with Crippen LogP contribution in [0.25, 0.3) is 0 Å². The quantitative estimate of drug-likeness (QED) is 0.181. The summed E-state index contributed by atoms with van der Waals surface area (Å²) in [6, 6.07) is 4.83. The third-order valence-electron chi connectivity index (χ3n) is 3.27. The van der Waals surface area contributed by atoms with Crippen LogP contribution in [0.15, 0.2) is 24.3 Å². The molecule has 10 nitrogen and oxygen atoms in total. The molecule has 0 heterocycles. The summed E-state index contributed by atoms with van der Waals surface area (Å²) in [7, 11) is 0. The van der Waals surface area contributed by atoms with Crippen LogP contribution in [0.4, 0.5) is 10.5 Å². The van der Waals surface area contributed by atoms with Crippen molar-refractivity contribution in [2.45, 2.75) is 45.6 Å². The predicted molar refractivity (Wildman–Crippen MR) is 95.7 cm³/mol. The molecule has 154 valence electrons. The number of rotatable bonds is 11. The van der Waals surface area contributed by atoms with Crippen LogP contribution in [0.1, 0.15) is 39.5 Å². The van der Waals surface area contributed by atoms with Gasteiger partial charge in [-0.2, -0.15) is 0 Å². The van der Waals surface area contributed by atoms with Gasteiger partial charge in [0.05, 0.1) is 4.92 Å². The minimum atomic E-state index is -1.09. The molecular weight excluding hydrogens is 374 g/mol. The summed E-state index contributed by atoms with van der Waals surface area (Å²) < 4.78 is 19.9. The maximum Gasteiger partial charge on any atom is 0.513 e. The molecule has 0 aliphatic rings. The molecule has 10 heteroatoms. The number of esters is 2. The smallest absolute Gasteiger partial charge is 0.462 e. The number of carbonyl (C=O) groups is 3. The van der Waals surface area contributed by atoms with E-state index in [9.17, 15) is 24.5 Å². The van der Waals surface area contributed by atoms with Crippen LogP contribution in [-0.4, -0.2) is 42.3 Å². The number of carbonyl (C=O) groups excluding carboxylic acids is 3. The maximum atomic E-state index is 11.8. The first-order chi connectivity index (χ1) is 13.3. The lowest BCUT2D eigenvalue weighted by molar-refractivity contribution is -0.384. The van der Waals surface area contributed by atoms with E-state index in [-0.39, 0.29) is 37.5 Å². The van der Waals surface area contributed by atoms with E-state index in [1.54, 1.807) is 6.92 Å². The van der Waals surface area contributed by atoms with Gasteiger partial charge >= 0.3 is 18.1 Å². The van der Waals surface area contributed by atoms with Gasteiger partial charge in [-0.1, -0.05) is 13.8 Å². The number of ether oxygens (including phenoxy) is 4. The molecule has 1 aromatic carbocycles. The highest BCUT2D eigenvalue weighted by Crippen LogP contribution is 2.17. The van der Waals surface area contributed by atoms with E-state index in [2.05, 4.69) is 0 Å². The van der Waals surface area contributed by atoms with Crippen LogP contribution in [0, 0.1) is 10.1 Å². The van der Waals surface area contributed by atoms with Crippen molar-refractivity contribution in [2.24, 2.45) is 0 Å². The molecule has 0 aliphatic carbocycles. The van der Waals surface area contributed by atoms with Crippen molar-refractivity contribution < 1.29 is 38.3 Å². The van der Waals surface area contributed by atoms with E-state index in [1.165, 1.54) is 24.3 Å². The van der Waals surface area contributed by atoms with Crippen LogP contribution in [0.2, 0.25) is 0 Å².